The van der Waals surface area contributed by atoms with Gasteiger partial charge in [-0.15, -0.1) is 0 Å². The minimum atomic E-state index is 0.413. The predicted octanol–water partition coefficient (Wildman–Crippen LogP) is 3.37. The molecule has 0 saturated heterocycles. The van der Waals surface area contributed by atoms with Crippen LogP contribution in [0.5, 0.6) is 0 Å². The second-order valence-corrected chi connectivity index (χ2v) is 5.36. The molecule has 0 bridgehead atoms. The number of aryl methyl sites for hydroxylation is 1. The molecule has 1 saturated carbocycles. The van der Waals surface area contributed by atoms with Gasteiger partial charge >= 0.3 is 0 Å². The first-order valence-corrected chi connectivity index (χ1v) is 6.85. The molecule has 2 N–H and O–H groups in total. The minimum absolute atomic E-state index is 0.413. The standard InChI is InChI=1S/C15H20N2O/c1-10-5-4-8-13-14(10)18-15(17-13)12-7-3-2-6-11(12)9-16/h4-5,8,11-12H,2-3,6-7,9,16H2,1H3. The number of fused-ring (bicyclic) bond motifs is 1. The van der Waals surface area contributed by atoms with Crippen LogP contribution in [0.25, 0.3) is 11.1 Å². The molecule has 2 unspecified atom stereocenters. The highest BCUT2D eigenvalue weighted by molar-refractivity contribution is 5.76. The first-order chi connectivity index (χ1) is 8.79. The molecule has 0 radical (unpaired) electrons. The van der Waals surface area contributed by atoms with Crippen molar-refractivity contribution in [1.82, 2.24) is 4.98 Å². The number of para-hydroxylation sites is 1. The number of aromatic nitrogens is 1. The van der Waals surface area contributed by atoms with E-state index >= 15 is 0 Å². The fraction of sp³-hybridized carbons (Fsp3) is 0.533. The van der Waals surface area contributed by atoms with Crippen LogP contribution in [0.15, 0.2) is 22.6 Å². The zero-order valence-corrected chi connectivity index (χ0v) is 10.9. The molecule has 18 heavy (non-hydrogen) atoms. The van der Waals surface area contributed by atoms with Gasteiger partial charge in [0.1, 0.15) is 5.52 Å². The Bertz CT molecular complexity index is 546. The molecule has 3 heteroatoms. The number of nitrogens with zero attached hydrogens (tertiary/aromatic N) is 1. The maximum absolute atomic E-state index is 6.00. The Kier molecular flexibility index (Phi) is 3.08. The van der Waals surface area contributed by atoms with E-state index in [9.17, 15) is 0 Å². The minimum Gasteiger partial charge on any atom is -0.440 e. The highest BCUT2D eigenvalue weighted by atomic mass is 16.3. The van der Waals surface area contributed by atoms with E-state index in [-0.39, 0.29) is 0 Å². The lowest BCUT2D eigenvalue weighted by Gasteiger charge is -2.27. The van der Waals surface area contributed by atoms with E-state index in [2.05, 4.69) is 18.0 Å². The lowest BCUT2D eigenvalue weighted by atomic mass is 9.79. The second kappa shape index (κ2) is 4.73. The molecule has 1 fully saturated rings. The molecule has 1 heterocycles. The van der Waals surface area contributed by atoms with Crippen molar-refractivity contribution in [1.29, 1.82) is 0 Å². The Morgan fingerprint density at radius 3 is 2.94 bits per heavy atom. The summed E-state index contributed by atoms with van der Waals surface area (Å²) >= 11 is 0. The van der Waals surface area contributed by atoms with Gasteiger partial charge in [-0.2, -0.15) is 0 Å². The lowest BCUT2D eigenvalue weighted by Crippen LogP contribution is -2.25. The number of hydrogen-bond donors (Lipinski definition) is 1. The fourth-order valence-electron chi connectivity index (χ4n) is 3.08. The average Bonchev–Trinajstić information content (AvgIpc) is 2.84. The number of oxazole rings is 1. The van der Waals surface area contributed by atoms with Gasteiger partial charge in [0, 0.05) is 5.92 Å². The van der Waals surface area contributed by atoms with Gasteiger partial charge in [0.15, 0.2) is 11.5 Å². The van der Waals surface area contributed by atoms with Crippen molar-refractivity contribution < 1.29 is 4.42 Å². The van der Waals surface area contributed by atoms with Crippen molar-refractivity contribution in [3.63, 3.8) is 0 Å². The van der Waals surface area contributed by atoms with E-state index in [1.54, 1.807) is 0 Å². The number of benzene rings is 1. The number of hydrogen-bond acceptors (Lipinski definition) is 3. The van der Waals surface area contributed by atoms with Crippen molar-refractivity contribution in [2.75, 3.05) is 6.54 Å². The van der Waals surface area contributed by atoms with Gasteiger partial charge in [-0.3, -0.25) is 0 Å². The largest absolute Gasteiger partial charge is 0.440 e. The molecule has 1 aliphatic carbocycles. The summed E-state index contributed by atoms with van der Waals surface area (Å²) in [6.45, 7) is 2.81. The smallest absolute Gasteiger partial charge is 0.198 e. The van der Waals surface area contributed by atoms with Crippen LogP contribution >= 0.6 is 0 Å². The quantitative estimate of drug-likeness (QED) is 0.881. The Balaban J connectivity index is 2.00. The third kappa shape index (κ3) is 1.93. The zero-order valence-electron chi connectivity index (χ0n) is 10.9. The molecule has 0 spiro atoms. The van der Waals surface area contributed by atoms with Crippen LogP contribution in [0.2, 0.25) is 0 Å². The summed E-state index contributed by atoms with van der Waals surface area (Å²) in [6.07, 6.45) is 4.92. The summed E-state index contributed by atoms with van der Waals surface area (Å²) in [5, 5.41) is 0. The van der Waals surface area contributed by atoms with E-state index in [1.807, 2.05) is 12.1 Å². The second-order valence-electron chi connectivity index (χ2n) is 5.36. The molecule has 2 aromatic rings. The summed E-state index contributed by atoms with van der Waals surface area (Å²) in [7, 11) is 0. The third-order valence-electron chi connectivity index (χ3n) is 4.16. The first kappa shape index (κ1) is 11.7. The average molecular weight is 244 g/mol. The van der Waals surface area contributed by atoms with Crippen LogP contribution < -0.4 is 5.73 Å². The maximum Gasteiger partial charge on any atom is 0.198 e. The molecule has 0 amide bonds. The molecule has 2 atom stereocenters. The summed E-state index contributed by atoms with van der Waals surface area (Å²) in [5.74, 6) is 1.84. The van der Waals surface area contributed by atoms with Gasteiger partial charge in [-0.25, -0.2) is 4.98 Å². The van der Waals surface area contributed by atoms with Gasteiger partial charge in [0.05, 0.1) is 0 Å². The SMILES string of the molecule is Cc1cccc2nc(C3CCCCC3CN)oc12. The molecule has 3 nitrogen and oxygen atoms in total. The van der Waals surface area contributed by atoms with E-state index in [0.717, 1.165) is 35.5 Å². The van der Waals surface area contributed by atoms with Crippen molar-refractivity contribution in [3.05, 3.63) is 29.7 Å². The van der Waals surface area contributed by atoms with Crippen LogP contribution in [0.1, 0.15) is 43.1 Å². The number of nitrogens with two attached hydrogens (primary N) is 1. The van der Waals surface area contributed by atoms with Crippen molar-refractivity contribution in [2.24, 2.45) is 11.7 Å². The van der Waals surface area contributed by atoms with Crippen molar-refractivity contribution in [3.8, 4) is 0 Å². The van der Waals surface area contributed by atoms with E-state index < -0.39 is 0 Å². The molecule has 1 aliphatic rings. The molecule has 96 valence electrons. The molecule has 1 aromatic heterocycles. The Morgan fingerprint density at radius 2 is 2.17 bits per heavy atom. The Hall–Kier alpha value is -1.35. The van der Waals surface area contributed by atoms with E-state index in [4.69, 9.17) is 10.2 Å². The Morgan fingerprint density at radius 1 is 1.33 bits per heavy atom. The lowest BCUT2D eigenvalue weighted by molar-refractivity contribution is 0.275. The maximum atomic E-state index is 6.00. The van der Waals surface area contributed by atoms with Gasteiger partial charge in [-0.1, -0.05) is 25.0 Å². The summed E-state index contributed by atoms with van der Waals surface area (Å²) < 4.78 is 6.00. The fourth-order valence-corrected chi connectivity index (χ4v) is 3.08. The van der Waals surface area contributed by atoms with Gasteiger partial charge in [0.25, 0.3) is 0 Å². The molecular formula is C15H20N2O. The van der Waals surface area contributed by atoms with Crippen LogP contribution in [0, 0.1) is 12.8 Å². The topological polar surface area (TPSA) is 52.0 Å². The van der Waals surface area contributed by atoms with Gasteiger partial charge in [-0.05, 0) is 43.9 Å². The molecular weight excluding hydrogens is 224 g/mol. The summed E-state index contributed by atoms with van der Waals surface area (Å²) in [5.41, 5.74) is 8.96. The van der Waals surface area contributed by atoms with Crippen LogP contribution in [-0.4, -0.2) is 11.5 Å². The van der Waals surface area contributed by atoms with Crippen LogP contribution in [-0.2, 0) is 0 Å². The van der Waals surface area contributed by atoms with E-state index in [1.165, 1.54) is 19.3 Å². The highest BCUT2D eigenvalue weighted by Gasteiger charge is 2.29. The predicted molar refractivity (Wildman–Crippen MR) is 72.5 cm³/mol. The summed E-state index contributed by atoms with van der Waals surface area (Å²) in [4.78, 5) is 4.67. The van der Waals surface area contributed by atoms with Crippen LogP contribution in [0.4, 0.5) is 0 Å². The van der Waals surface area contributed by atoms with Gasteiger partial charge in [0.2, 0.25) is 0 Å². The highest BCUT2D eigenvalue weighted by Crippen LogP contribution is 2.38. The molecule has 3 rings (SSSR count). The normalized spacial score (nSPS) is 24.6. The van der Waals surface area contributed by atoms with Crippen molar-refractivity contribution in [2.45, 2.75) is 38.5 Å². The monoisotopic (exact) mass is 244 g/mol. The van der Waals surface area contributed by atoms with Gasteiger partial charge < -0.3 is 10.2 Å². The number of rotatable bonds is 2. The van der Waals surface area contributed by atoms with Crippen LogP contribution in [0.3, 0.4) is 0 Å². The summed E-state index contributed by atoms with van der Waals surface area (Å²) in [6, 6.07) is 6.12. The Labute approximate surface area is 107 Å². The molecule has 0 aliphatic heterocycles. The van der Waals surface area contributed by atoms with Crippen molar-refractivity contribution >= 4 is 11.1 Å². The zero-order chi connectivity index (χ0) is 12.5. The van der Waals surface area contributed by atoms with E-state index in [0.29, 0.717) is 11.8 Å². The molecule has 1 aromatic carbocycles. The first-order valence-electron chi connectivity index (χ1n) is 6.85. The third-order valence-corrected chi connectivity index (χ3v) is 4.16.